The number of piperidine rings is 1. The molecule has 2 heterocycles. The highest BCUT2D eigenvalue weighted by Crippen LogP contribution is 2.23. The second-order valence-electron chi connectivity index (χ2n) is 7.89. The van der Waals surface area contributed by atoms with Gasteiger partial charge in [-0.1, -0.05) is 18.6 Å². The van der Waals surface area contributed by atoms with Crippen molar-refractivity contribution in [2.75, 3.05) is 13.1 Å². The number of amides is 1. The monoisotopic (exact) mass is 418 g/mol. The molecule has 2 N–H and O–H groups in total. The topological polar surface area (TPSA) is 68.2 Å². The molecular formula is C22H31ClN4O2. The first kappa shape index (κ1) is 21.7. The summed E-state index contributed by atoms with van der Waals surface area (Å²) in [5.74, 6) is 0.784. The summed E-state index contributed by atoms with van der Waals surface area (Å²) in [5.41, 5.74) is 1.53. The molecule has 7 heteroatoms. The van der Waals surface area contributed by atoms with Gasteiger partial charge >= 0.3 is 0 Å². The summed E-state index contributed by atoms with van der Waals surface area (Å²) in [6, 6.07) is 10.2. The average molecular weight is 419 g/mol. The van der Waals surface area contributed by atoms with Crippen molar-refractivity contribution in [1.82, 2.24) is 20.4 Å². The Morgan fingerprint density at radius 3 is 2.62 bits per heavy atom. The minimum absolute atomic E-state index is 0. The fourth-order valence-electron chi connectivity index (χ4n) is 4.06. The quantitative estimate of drug-likeness (QED) is 0.747. The Hall–Kier alpha value is -2.05. The summed E-state index contributed by atoms with van der Waals surface area (Å²) in [6.07, 6.45) is 10.7. The van der Waals surface area contributed by atoms with Crippen LogP contribution in [-0.2, 0) is 6.54 Å². The highest BCUT2D eigenvalue weighted by Gasteiger charge is 2.18. The Balaban J connectivity index is 0.00000240. The maximum absolute atomic E-state index is 12.4. The Bertz CT molecular complexity index is 765. The van der Waals surface area contributed by atoms with Gasteiger partial charge in [0.1, 0.15) is 11.4 Å². The Kier molecular flexibility index (Phi) is 7.95. The molecule has 1 aliphatic heterocycles. The third-order valence-corrected chi connectivity index (χ3v) is 5.72. The van der Waals surface area contributed by atoms with Crippen LogP contribution >= 0.6 is 12.4 Å². The van der Waals surface area contributed by atoms with E-state index in [2.05, 4.69) is 15.7 Å². The van der Waals surface area contributed by atoms with Gasteiger partial charge in [-0.2, -0.15) is 5.10 Å². The Morgan fingerprint density at radius 2 is 1.90 bits per heavy atom. The lowest BCUT2D eigenvalue weighted by Gasteiger charge is -2.23. The van der Waals surface area contributed by atoms with E-state index in [0.717, 1.165) is 50.1 Å². The molecule has 1 aliphatic carbocycles. The number of hydrogen-bond donors (Lipinski definition) is 2. The molecule has 2 aromatic rings. The van der Waals surface area contributed by atoms with Crippen LogP contribution in [0.5, 0.6) is 5.75 Å². The molecule has 2 aliphatic rings. The molecule has 0 bridgehead atoms. The Morgan fingerprint density at radius 1 is 1.10 bits per heavy atom. The van der Waals surface area contributed by atoms with Crippen LogP contribution in [0.25, 0.3) is 0 Å². The van der Waals surface area contributed by atoms with E-state index in [1.165, 1.54) is 19.3 Å². The van der Waals surface area contributed by atoms with Gasteiger partial charge < -0.3 is 15.4 Å². The first-order valence-corrected chi connectivity index (χ1v) is 10.6. The first-order chi connectivity index (χ1) is 13.8. The summed E-state index contributed by atoms with van der Waals surface area (Å²) in [5, 5.41) is 10.8. The van der Waals surface area contributed by atoms with Gasteiger partial charge in [0, 0.05) is 19.3 Å². The lowest BCUT2D eigenvalue weighted by molar-refractivity contribution is 0.0944. The SMILES string of the molecule is Cl.O=C(NCc1ccc(OC2CCCCC2)cc1)c1ccn(C2CCCNC2)n1. The van der Waals surface area contributed by atoms with Crippen LogP contribution in [0, 0.1) is 0 Å². The number of rotatable bonds is 6. The zero-order valence-corrected chi connectivity index (χ0v) is 17.6. The van der Waals surface area contributed by atoms with Crippen LogP contribution < -0.4 is 15.4 Å². The zero-order valence-electron chi connectivity index (χ0n) is 16.8. The van der Waals surface area contributed by atoms with Crippen LogP contribution in [0.2, 0.25) is 0 Å². The summed E-state index contributed by atoms with van der Waals surface area (Å²) >= 11 is 0. The molecule has 158 valence electrons. The van der Waals surface area contributed by atoms with Gasteiger partial charge in [0.2, 0.25) is 0 Å². The minimum atomic E-state index is -0.134. The molecule has 1 aromatic carbocycles. The van der Waals surface area contributed by atoms with Crippen molar-refractivity contribution in [3.8, 4) is 5.75 Å². The molecule has 0 spiro atoms. The van der Waals surface area contributed by atoms with Gasteiger partial charge in [-0.15, -0.1) is 12.4 Å². The fraction of sp³-hybridized carbons (Fsp3) is 0.545. The highest BCUT2D eigenvalue weighted by molar-refractivity contribution is 5.92. The summed E-state index contributed by atoms with van der Waals surface area (Å²) in [6.45, 7) is 2.47. The molecule has 1 atom stereocenters. The molecule has 4 rings (SSSR count). The summed E-state index contributed by atoms with van der Waals surface area (Å²) < 4.78 is 7.98. The van der Waals surface area contributed by atoms with E-state index in [0.29, 0.717) is 24.4 Å². The molecular weight excluding hydrogens is 388 g/mol. The molecule has 1 unspecified atom stereocenters. The van der Waals surface area contributed by atoms with Crippen molar-refractivity contribution in [3.63, 3.8) is 0 Å². The van der Waals surface area contributed by atoms with E-state index >= 15 is 0 Å². The number of nitrogens with one attached hydrogen (secondary N) is 2. The van der Waals surface area contributed by atoms with Gasteiger partial charge in [0.15, 0.2) is 0 Å². The van der Waals surface area contributed by atoms with E-state index in [9.17, 15) is 4.79 Å². The number of nitrogens with zero attached hydrogens (tertiary/aromatic N) is 2. The molecule has 29 heavy (non-hydrogen) atoms. The largest absolute Gasteiger partial charge is 0.490 e. The van der Waals surface area contributed by atoms with Crippen LogP contribution in [0.15, 0.2) is 36.5 Å². The van der Waals surface area contributed by atoms with Crippen LogP contribution in [0.4, 0.5) is 0 Å². The van der Waals surface area contributed by atoms with Crippen molar-refractivity contribution in [1.29, 1.82) is 0 Å². The number of hydrogen-bond acceptors (Lipinski definition) is 4. The third kappa shape index (κ3) is 5.97. The maximum atomic E-state index is 12.4. The maximum Gasteiger partial charge on any atom is 0.272 e. The summed E-state index contributed by atoms with van der Waals surface area (Å²) in [4.78, 5) is 12.4. The third-order valence-electron chi connectivity index (χ3n) is 5.72. The number of carbonyl (C=O) groups is 1. The average Bonchev–Trinajstić information content (AvgIpc) is 3.25. The van der Waals surface area contributed by atoms with E-state index in [1.807, 2.05) is 35.1 Å². The molecule has 1 saturated heterocycles. The summed E-state index contributed by atoms with van der Waals surface area (Å²) in [7, 11) is 0. The molecule has 1 saturated carbocycles. The first-order valence-electron chi connectivity index (χ1n) is 10.6. The molecule has 6 nitrogen and oxygen atoms in total. The molecule has 0 radical (unpaired) electrons. The van der Waals surface area contributed by atoms with Gasteiger partial charge in [-0.25, -0.2) is 0 Å². The lowest BCUT2D eigenvalue weighted by Crippen LogP contribution is -2.32. The highest BCUT2D eigenvalue weighted by atomic mass is 35.5. The number of halogens is 1. The van der Waals surface area contributed by atoms with E-state index in [1.54, 1.807) is 6.07 Å². The van der Waals surface area contributed by atoms with E-state index in [4.69, 9.17) is 4.74 Å². The van der Waals surface area contributed by atoms with Crippen LogP contribution in [-0.4, -0.2) is 34.9 Å². The smallest absolute Gasteiger partial charge is 0.272 e. The lowest BCUT2D eigenvalue weighted by atomic mass is 9.98. The van der Waals surface area contributed by atoms with E-state index < -0.39 is 0 Å². The van der Waals surface area contributed by atoms with Crippen molar-refractivity contribution in [2.24, 2.45) is 0 Å². The fourth-order valence-corrected chi connectivity index (χ4v) is 4.06. The number of aromatic nitrogens is 2. The second-order valence-corrected chi connectivity index (χ2v) is 7.89. The minimum Gasteiger partial charge on any atom is -0.490 e. The zero-order chi connectivity index (χ0) is 19.2. The predicted molar refractivity (Wildman–Crippen MR) is 116 cm³/mol. The standard InChI is InChI=1S/C22H30N4O2.ClH/c27-22(21-12-14-26(25-21)18-5-4-13-23-16-18)24-15-17-8-10-20(11-9-17)28-19-6-2-1-3-7-19;/h8-12,14,18-19,23H,1-7,13,15-16H2,(H,24,27);1H. The van der Waals surface area contributed by atoms with Crippen LogP contribution in [0.1, 0.15) is 67.0 Å². The molecule has 1 amide bonds. The normalized spacial score (nSPS) is 19.9. The van der Waals surface area contributed by atoms with Crippen molar-refractivity contribution in [3.05, 3.63) is 47.8 Å². The van der Waals surface area contributed by atoms with Gasteiger partial charge in [-0.05, 0) is 68.8 Å². The Labute approximate surface area is 178 Å². The van der Waals surface area contributed by atoms with Crippen molar-refractivity contribution >= 4 is 18.3 Å². The number of carbonyl (C=O) groups excluding carboxylic acids is 1. The van der Waals surface area contributed by atoms with Crippen LogP contribution in [0.3, 0.4) is 0 Å². The predicted octanol–water partition coefficient (Wildman–Crippen LogP) is 3.87. The van der Waals surface area contributed by atoms with E-state index in [-0.39, 0.29) is 18.3 Å². The van der Waals surface area contributed by atoms with Gasteiger partial charge in [-0.3, -0.25) is 9.48 Å². The van der Waals surface area contributed by atoms with Gasteiger partial charge in [0.05, 0.1) is 12.1 Å². The van der Waals surface area contributed by atoms with Crippen molar-refractivity contribution in [2.45, 2.75) is 63.6 Å². The van der Waals surface area contributed by atoms with Crippen molar-refractivity contribution < 1.29 is 9.53 Å². The number of ether oxygens (including phenoxy) is 1. The van der Waals surface area contributed by atoms with Gasteiger partial charge in [0.25, 0.3) is 5.91 Å². The second kappa shape index (κ2) is 10.6. The molecule has 1 aromatic heterocycles. The molecule has 2 fully saturated rings. The number of benzene rings is 1.